The van der Waals surface area contributed by atoms with E-state index in [2.05, 4.69) is 37.2 Å². The first-order chi connectivity index (χ1) is 14.5. The Labute approximate surface area is 173 Å². The van der Waals surface area contributed by atoms with Gasteiger partial charge < -0.3 is 10.2 Å². The molecule has 0 aliphatic carbocycles. The van der Waals surface area contributed by atoms with Gasteiger partial charge in [-0.25, -0.2) is 13.1 Å². The molecule has 5 rings (SSSR count). The molecule has 10 heteroatoms. The molecule has 0 unspecified atom stereocenters. The molecule has 2 aliphatic heterocycles. The van der Waals surface area contributed by atoms with E-state index < -0.39 is 15.9 Å². The Hall–Kier alpha value is -3.40. The number of para-hydroxylation sites is 2. The molecule has 9 nitrogen and oxygen atoms in total. The highest BCUT2D eigenvalue weighted by Gasteiger charge is 2.31. The molecular weight excluding hydrogens is 404 g/mol. The van der Waals surface area contributed by atoms with Crippen LogP contribution in [0.2, 0.25) is 0 Å². The lowest BCUT2D eigenvalue weighted by atomic mass is 10.1. The summed E-state index contributed by atoms with van der Waals surface area (Å²) in [7, 11) is -3.74. The summed E-state index contributed by atoms with van der Waals surface area (Å²) in [5, 5.41) is 7.11. The van der Waals surface area contributed by atoms with Crippen LogP contribution >= 0.6 is 0 Å². The van der Waals surface area contributed by atoms with Crippen molar-refractivity contribution < 1.29 is 13.2 Å². The van der Waals surface area contributed by atoms with Crippen LogP contribution in [0.1, 0.15) is 17.0 Å². The smallest absolute Gasteiger partial charge is 0.291 e. The summed E-state index contributed by atoms with van der Waals surface area (Å²) >= 11 is 0. The van der Waals surface area contributed by atoms with Gasteiger partial charge in [0, 0.05) is 25.3 Å². The highest BCUT2D eigenvalue weighted by Crippen LogP contribution is 2.29. The predicted octanol–water partition coefficient (Wildman–Crippen LogP) is 1.64. The summed E-state index contributed by atoms with van der Waals surface area (Å²) in [6, 6.07) is 16.7. The number of nitrogens with zero attached hydrogens (tertiary/aromatic N) is 4. The quantitative estimate of drug-likeness (QED) is 0.659. The Morgan fingerprint density at radius 2 is 1.90 bits per heavy atom. The van der Waals surface area contributed by atoms with Crippen LogP contribution in [0.3, 0.4) is 0 Å². The van der Waals surface area contributed by atoms with Crippen LogP contribution in [0.25, 0.3) is 5.69 Å². The maximum Gasteiger partial charge on any atom is 0.291 e. The molecule has 1 aromatic heterocycles. The Morgan fingerprint density at radius 1 is 1.13 bits per heavy atom. The Balaban J connectivity index is 1.27. The second-order valence-corrected chi connectivity index (χ2v) is 9.04. The normalized spacial score (nSPS) is 18.9. The second-order valence-electron chi connectivity index (χ2n) is 7.39. The molecule has 0 radical (unpaired) electrons. The van der Waals surface area contributed by atoms with E-state index in [4.69, 9.17) is 0 Å². The molecule has 154 valence electrons. The number of nitrogens with one attached hydrogen (secondary N) is 2. The monoisotopic (exact) mass is 424 g/mol. The zero-order chi connectivity index (χ0) is 20.7. The van der Waals surface area contributed by atoms with Crippen LogP contribution in [0.15, 0.2) is 59.5 Å². The van der Waals surface area contributed by atoms with Gasteiger partial charge in [-0.3, -0.25) is 4.79 Å². The number of carbonyl (C=O) groups excluding carboxylic acids is 1. The lowest BCUT2D eigenvalue weighted by molar-refractivity contribution is 0.0938. The molecule has 3 aromatic rings. The third-order valence-corrected chi connectivity index (χ3v) is 6.75. The lowest BCUT2D eigenvalue weighted by Crippen LogP contribution is -2.31. The number of hydrogen-bond acceptors (Lipinski definition) is 6. The fourth-order valence-electron chi connectivity index (χ4n) is 3.87. The van der Waals surface area contributed by atoms with E-state index in [1.807, 2.05) is 18.2 Å². The minimum Gasteiger partial charge on any atom is -0.371 e. The summed E-state index contributed by atoms with van der Waals surface area (Å²) in [5.74, 6) is -0.158. The van der Waals surface area contributed by atoms with Crippen LogP contribution in [0, 0.1) is 5.92 Å². The average Bonchev–Trinajstić information content (AvgIpc) is 3.40. The van der Waals surface area contributed by atoms with Gasteiger partial charge in [0.2, 0.25) is 11.8 Å². The highest BCUT2D eigenvalue weighted by molar-refractivity contribution is 7.92. The summed E-state index contributed by atoms with van der Waals surface area (Å²) in [5.41, 5.74) is 1.55. The summed E-state index contributed by atoms with van der Waals surface area (Å²) in [6.07, 6.45) is 0.982. The van der Waals surface area contributed by atoms with Crippen molar-refractivity contribution >= 4 is 27.6 Å². The number of sulfonamides is 1. The van der Waals surface area contributed by atoms with Crippen LogP contribution in [-0.4, -0.2) is 48.7 Å². The maximum atomic E-state index is 12.6. The fraction of sp³-hybridized carbons (Fsp3) is 0.250. The van der Waals surface area contributed by atoms with Gasteiger partial charge in [-0.15, -0.1) is 5.10 Å². The standard InChI is InChI=1S/C20H20N6O3S/c27-19(21-12-14-10-11-25(13-14)15-6-2-1-3-7-15)18-22-20-24-30(28,29)17-9-5-4-8-16(17)26(20)23-18/h1-9,14H,10-13H2,(H,21,27)(H,22,23,24)/t14-/m1/s1. The van der Waals surface area contributed by atoms with E-state index in [1.165, 1.54) is 16.4 Å². The molecule has 2 aliphatic rings. The minimum atomic E-state index is -3.74. The minimum absolute atomic E-state index is 0.00923. The van der Waals surface area contributed by atoms with E-state index >= 15 is 0 Å². The molecule has 0 saturated carbocycles. The summed E-state index contributed by atoms with van der Waals surface area (Å²) in [4.78, 5) is 19.1. The zero-order valence-corrected chi connectivity index (χ0v) is 16.8. The van der Waals surface area contributed by atoms with Gasteiger partial charge in [-0.05, 0) is 36.6 Å². The largest absolute Gasteiger partial charge is 0.371 e. The van der Waals surface area contributed by atoms with Crippen molar-refractivity contribution in [1.82, 2.24) is 20.1 Å². The van der Waals surface area contributed by atoms with E-state index in [0.29, 0.717) is 18.2 Å². The number of anilines is 2. The van der Waals surface area contributed by atoms with Crippen molar-refractivity contribution in [2.45, 2.75) is 11.3 Å². The van der Waals surface area contributed by atoms with Crippen molar-refractivity contribution in [3.05, 3.63) is 60.4 Å². The van der Waals surface area contributed by atoms with Gasteiger partial charge in [0.05, 0.1) is 5.69 Å². The zero-order valence-electron chi connectivity index (χ0n) is 16.0. The number of aromatic nitrogens is 3. The first-order valence-electron chi connectivity index (χ1n) is 9.69. The molecule has 1 atom stereocenters. The van der Waals surface area contributed by atoms with E-state index in [0.717, 1.165) is 19.5 Å². The molecule has 0 spiro atoms. The highest BCUT2D eigenvalue weighted by atomic mass is 32.2. The van der Waals surface area contributed by atoms with Crippen LogP contribution in [0.4, 0.5) is 11.6 Å². The topological polar surface area (TPSA) is 109 Å². The van der Waals surface area contributed by atoms with Crippen molar-refractivity contribution in [3.63, 3.8) is 0 Å². The van der Waals surface area contributed by atoms with Crippen LogP contribution < -0.4 is 14.9 Å². The molecule has 30 heavy (non-hydrogen) atoms. The Morgan fingerprint density at radius 3 is 2.73 bits per heavy atom. The number of hydrogen-bond donors (Lipinski definition) is 2. The van der Waals surface area contributed by atoms with Gasteiger partial charge >= 0.3 is 0 Å². The lowest BCUT2D eigenvalue weighted by Gasteiger charge is -2.18. The van der Waals surface area contributed by atoms with Crippen LogP contribution in [-0.2, 0) is 10.0 Å². The number of carbonyl (C=O) groups is 1. The molecule has 1 saturated heterocycles. The van der Waals surface area contributed by atoms with Gasteiger partial charge in [0.25, 0.3) is 15.9 Å². The Bertz CT molecular complexity index is 1210. The van der Waals surface area contributed by atoms with Crippen molar-refractivity contribution in [2.24, 2.45) is 5.92 Å². The average molecular weight is 424 g/mol. The summed E-state index contributed by atoms with van der Waals surface area (Å²) in [6.45, 7) is 2.32. The van der Waals surface area contributed by atoms with Crippen molar-refractivity contribution in [3.8, 4) is 5.69 Å². The molecule has 2 N–H and O–H groups in total. The first kappa shape index (κ1) is 18.6. The SMILES string of the molecule is O=C(NC[C@H]1CCN(c2ccccc2)C1)c1nc2n(n1)-c1ccccc1S(=O)(=O)N2. The van der Waals surface area contributed by atoms with E-state index in [1.54, 1.807) is 18.2 Å². The number of fused-ring (bicyclic) bond motifs is 3. The fourth-order valence-corrected chi connectivity index (χ4v) is 5.04. The van der Waals surface area contributed by atoms with Gasteiger partial charge in [-0.2, -0.15) is 9.67 Å². The van der Waals surface area contributed by atoms with Crippen molar-refractivity contribution in [2.75, 3.05) is 29.3 Å². The molecule has 3 heterocycles. The van der Waals surface area contributed by atoms with E-state index in [-0.39, 0.29) is 16.7 Å². The molecule has 0 bridgehead atoms. The predicted molar refractivity (Wildman–Crippen MR) is 111 cm³/mol. The number of benzene rings is 2. The maximum absolute atomic E-state index is 12.6. The first-order valence-corrected chi connectivity index (χ1v) is 11.2. The molecule has 1 amide bonds. The summed E-state index contributed by atoms with van der Waals surface area (Å²) < 4.78 is 28.4. The molecular formula is C20H20N6O3S. The second kappa shape index (κ2) is 7.13. The van der Waals surface area contributed by atoms with Crippen LogP contribution in [0.5, 0.6) is 0 Å². The Kier molecular flexibility index (Phi) is 4.43. The van der Waals surface area contributed by atoms with Gasteiger partial charge in [0.1, 0.15) is 4.90 Å². The van der Waals surface area contributed by atoms with E-state index in [9.17, 15) is 13.2 Å². The molecule has 2 aromatic carbocycles. The molecule has 1 fully saturated rings. The van der Waals surface area contributed by atoms with Gasteiger partial charge in [-0.1, -0.05) is 30.3 Å². The van der Waals surface area contributed by atoms with Gasteiger partial charge in [0.15, 0.2) is 0 Å². The third-order valence-electron chi connectivity index (χ3n) is 5.38. The number of rotatable bonds is 4. The third kappa shape index (κ3) is 3.28. The number of amides is 1. The van der Waals surface area contributed by atoms with Crippen molar-refractivity contribution in [1.29, 1.82) is 0 Å².